The molecule has 0 aromatic carbocycles. The van der Waals surface area contributed by atoms with E-state index in [1.54, 1.807) is 0 Å². The predicted octanol–water partition coefficient (Wildman–Crippen LogP) is 0.945. The van der Waals surface area contributed by atoms with Crippen LogP contribution < -0.4 is 5.43 Å². The van der Waals surface area contributed by atoms with Crippen LogP contribution >= 0.6 is 0 Å². The minimum absolute atomic E-state index is 0.00103. The van der Waals surface area contributed by atoms with Crippen LogP contribution in [0.5, 0.6) is 0 Å². The molecule has 2 aliphatic carbocycles. The molecule has 0 unspecified atom stereocenters. The zero-order valence-corrected chi connectivity index (χ0v) is 12.4. The highest BCUT2D eigenvalue weighted by atomic mass is 16.5. The van der Waals surface area contributed by atoms with E-state index in [4.69, 9.17) is 9.47 Å². The maximum Gasteiger partial charge on any atom is 0.267 e. The number of ether oxygens (including phenoxy) is 2. The topological polar surface area (TPSA) is 50.8 Å². The fourth-order valence-corrected chi connectivity index (χ4v) is 5.17. The lowest BCUT2D eigenvalue weighted by Gasteiger charge is -2.41. The number of carbonyl (C=O) groups is 1. The van der Waals surface area contributed by atoms with E-state index >= 15 is 0 Å². The maximum absolute atomic E-state index is 12.9. The molecule has 4 aliphatic rings. The van der Waals surface area contributed by atoms with Gasteiger partial charge in [0.2, 0.25) is 0 Å². The lowest BCUT2D eigenvalue weighted by molar-refractivity contribution is -0.162. The van der Waals surface area contributed by atoms with Crippen LogP contribution in [0.25, 0.3) is 0 Å². The first-order chi connectivity index (χ1) is 9.52. The molecule has 5 heteroatoms. The number of hydrogen-bond donors (Lipinski definition) is 1. The number of hydrogen-bond acceptors (Lipinski definition) is 4. The van der Waals surface area contributed by atoms with Crippen molar-refractivity contribution in [3.8, 4) is 0 Å². The highest BCUT2D eigenvalue weighted by molar-refractivity contribution is 5.87. The van der Waals surface area contributed by atoms with Crippen molar-refractivity contribution in [1.82, 2.24) is 10.4 Å². The summed E-state index contributed by atoms with van der Waals surface area (Å²) in [6, 6.07) is 0. The molecule has 1 amide bonds. The fourth-order valence-electron chi connectivity index (χ4n) is 5.17. The first-order valence-electron chi connectivity index (χ1n) is 7.80. The highest BCUT2D eigenvalue weighted by Gasteiger charge is 2.78. The van der Waals surface area contributed by atoms with Crippen molar-refractivity contribution >= 4 is 5.91 Å². The van der Waals surface area contributed by atoms with Gasteiger partial charge in [0, 0.05) is 23.9 Å². The summed E-state index contributed by atoms with van der Waals surface area (Å²) in [6.07, 6.45) is 3.27. The van der Waals surface area contributed by atoms with Gasteiger partial charge >= 0.3 is 0 Å². The van der Waals surface area contributed by atoms with Gasteiger partial charge in [0.05, 0.1) is 19.8 Å². The Hall–Kier alpha value is -0.650. The van der Waals surface area contributed by atoms with Gasteiger partial charge in [0.25, 0.3) is 5.91 Å². The second kappa shape index (κ2) is 3.96. The zero-order valence-electron chi connectivity index (χ0n) is 12.4. The van der Waals surface area contributed by atoms with E-state index in [2.05, 4.69) is 19.3 Å². The molecule has 2 aliphatic heterocycles. The summed E-state index contributed by atoms with van der Waals surface area (Å²) >= 11 is 0. The van der Waals surface area contributed by atoms with Gasteiger partial charge < -0.3 is 9.47 Å². The van der Waals surface area contributed by atoms with Crippen LogP contribution in [0.1, 0.15) is 33.1 Å². The second-order valence-corrected chi connectivity index (χ2v) is 7.35. The standard InChI is InChI=1S/C15H24N2O3/c1-13-10-20-15(9-11(13)3-4-14(13,15)2)12(18)16-17-5-7-19-8-6-17/h11H,3-10H2,1-2H3,(H,16,18)/t11-,13-,14-,15-/m0/s1. The Kier molecular flexibility index (Phi) is 2.58. The van der Waals surface area contributed by atoms with Crippen molar-refractivity contribution in [1.29, 1.82) is 0 Å². The molecule has 2 saturated carbocycles. The Labute approximate surface area is 119 Å². The number of nitrogens with zero attached hydrogens (tertiary/aromatic N) is 1. The number of amides is 1. The maximum atomic E-state index is 12.9. The van der Waals surface area contributed by atoms with Crippen molar-refractivity contribution in [2.75, 3.05) is 32.9 Å². The summed E-state index contributed by atoms with van der Waals surface area (Å²) in [5.74, 6) is 0.726. The molecule has 20 heavy (non-hydrogen) atoms. The summed E-state index contributed by atoms with van der Waals surface area (Å²) in [5, 5.41) is 1.98. The molecule has 5 nitrogen and oxygen atoms in total. The molecule has 2 heterocycles. The van der Waals surface area contributed by atoms with Crippen LogP contribution in [-0.2, 0) is 14.3 Å². The van der Waals surface area contributed by atoms with Crippen LogP contribution in [0, 0.1) is 16.7 Å². The van der Waals surface area contributed by atoms with Crippen LogP contribution in [0.2, 0.25) is 0 Å². The molecule has 2 saturated heterocycles. The van der Waals surface area contributed by atoms with Crippen LogP contribution in [0.4, 0.5) is 0 Å². The van der Waals surface area contributed by atoms with Crippen molar-refractivity contribution in [2.45, 2.75) is 38.7 Å². The van der Waals surface area contributed by atoms with E-state index in [0.29, 0.717) is 19.1 Å². The van der Waals surface area contributed by atoms with Gasteiger partial charge in [-0.05, 0) is 25.2 Å². The average molecular weight is 280 g/mol. The fraction of sp³-hybridized carbons (Fsp3) is 0.933. The third kappa shape index (κ3) is 1.32. The Bertz CT molecular complexity index is 450. The van der Waals surface area contributed by atoms with Crippen molar-refractivity contribution in [3.05, 3.63) is 0 Å². The van der Waals surface area contributed by atoms with E-state index in [-0.39, 0.29) is 16.7 Å². The summed E-state index contributed by atoms with van der Waals surface area (Å²) in [6.45, 7) is 8.23. The average Bonchev–Trinajstić information content (AvgIpc) is 2.92. The van der Waals surface area contributed by atoms with Gasteiger partial charge in [0.1, 0.15) is 0 Å². The van der Waals surface area contributed by atoms with E-state index in [1.807, 2.05) is 5.01 Å². The number of carbonyl (C=O) groups excluding carboxylic acids is 1. The van der Waals surface area contributed by atoms with E-state index in [9.17, 15) is 4.79 Å². The summed E-state index contributed by atoms with van der Waals surface area (Å²) < 4.78 is 11.4. The quantitative estimate of drug-likeness (QED) is 0.818. The monoisotopic (exact) mass is 280 g/mol. The highest BCUT2D eigenvalue weighted by Crippen LogP contribution is 2.74. The van der Waals surface area contributed by atoms with E-state index in [0.717, 1.165) is 32.5 Å². The largest absolute Gasteiger partial charge is 0.379 e. The molecule has 4 fully saturated rings. The van der Waals surface area contributed by atoms with Gasteiger partial charge in [-0.2, -0.15) is 0 Å². The first-order valence-corrected chi connectivity index (χ1v) is 7.80. The summed E-state index contributed by atoms with van der Waals surface area (Å²) in [4.78, 5) is 12.9. The van der Waals surface area contributed by atoms with Crippen LogP contribution in [0.3, 0.4) is 0 Å². The smallest absolute Gasteiger partial charge is 0.267 e. The molecular formula is C15H24N2O3. The van der Waals surface area contributed by atoms with Gasteiger partial charge in [-0.15, -0.1) is 0 Å². The molecule has 0 aromatic heterocycles. The van der Waals surface area contributed by atoms with Gasteiger partial charge in [-0.1, -0.05) is 13.8 Å². The third-order valence-electron chi connectivity index (χ3n) is 6.84. The van der Waals surface area contributed by atoms with Crippen molar-refractivity contribution in [2.24, 2.45) is 16.7 Å². The Balaban J connectivity index is 1.57. The predicted molar refractivity (Wildman–Crippen MR) is 72.8 cm³/mol. The Morgan fingerprint density at radius 2 is 2.05 bits per heavy atom. The molecule has 4 atom stereocenters. The molecule has 4 rings (SSSR count). The van der Waals surface area contributed by atoms with E-state index < -0.39 is 5.60 Å². The van der Waals surface area contributed by atoms with Crippen molar-refractivity contribution < 1.29 is 14.3 Å². The van der Waals surface area contributed by atoms with E-state index in [1.165, 1.54) is 6.42 Å². The van der Waals surface area contributed by atoms with Crippen LogP contribution in [0.15, 0.2) is 0 Å². The van der Waals surface area contributed by atoms with Gasteiger partial charge in [-0.3, -0.25) is 10.2 Å². The lowest BCUT2D eigenvalue weighted by Crippen LogP contribution is -2.60. The summed E-state index contributed by atoms with van der Waals surface area (Å²) in [7, 11) is 0. The lowest BCUT2D eigenvalue weighted by atomic mass is 9.66. The number of rotatable bonds is 2. The molecular weight excluding hydrogens is 256 g/mol. The second-order valence-electron chi connectivity index (χ2n) is 7.35. The van der Waals surface area contributed by atoms with Gasteiger partial charge in [0.15, 0.2) is 5.60 Å². The molecule has 0 spiro atoms. The normalized spacial score (nSPS) is 50.6. The molecule has 112 valence electrons. The Morgan fingerprint density at radius 3 is 2.70 bits per heavy atom. The molecule has 0 aromatic rings. The van der Waals surface area contributed by atoms with Crippen molar-refractivity contribution in [3.63, 3.8) is 0 Å². The molecule has 0 radical (unpaired) electrons. The minimum Gasteiger partial charge on any atom is -0.379 e. The first kappa shape index (κ1) is 13.0. The van der Waals surface area contributed by atoms with Gasteiger partial charge in [-0.25, -0.2) is 5.01 Å². The van der Waals surface area contributed by atoms with Crippen LogP contribution in [-0.4, -0.2) is 49.4 Å². The number of nitrogens with one attached hydrogen (secondary N) is 1. The zero-order chi connectivity index (χ0) is 14.0. The Morgan fingerprint density at radius 1 is 1.30 bits per heavy atom. The summed E-state index contributed by atoms with van der Waals surface area (Å²) in [5.41, 5.74) is 2.69. The molecule has 4 bridgehead atoms. The number of hydrazine groups is 1. The minimum atomic E-state index is -0.594. The third-order valence-corrected chi connectivity index (χ3v) is 6.84. The SMILES string of the molecule is C[C@@]12CC[C@H]3C[C@@]1(C(=O)NN1CCOCC1)OC[C@@]32C. The number of morpholine rings is 1. The molecule has 1 N–H and O–H groups in total.